The van der Waals surface area contributed by atoms with Gasteiger partial charge < -0.3 is 5.32 Å². The Hall–Kier alpha value is -3.02. The lowest BCUT2D eigenvalue weighted by Crippen LogP contribution is -2.28. The second kappa shape index (κ2) is 7.47. The average molecular weight is 349 g/mol. The first-order chi connectivity index (χ1) is 12.5. The number of rotatable bonds is 4. The van der Waals surface area contributed by atoms with Crippen LogP contribution in [0, 0.1) is 6.92 Å². The molecular weight excluding hydrogens is 326 g/mol. The predicted molar refractivity (Wildman–Crippen MR) is 104 cm³/mol. The molecular formula is C20H23N5O. The number of benzene rings is 1. The number of pyridine rings is 1. The van der Waals surface area contributed by atoms with Gasteiger partial charge in [-0.3, -0.25) is 5.32 Å². The van der Waals surface area contributed by atoms with Gasteiger partial charge in [-0.1, -0.05) is 19.9 Å². The molecule has 0 radical (unpaired) electrons. The van der Waals surface area contributed by atoms with E-state index in [0.29, 0.717) is 18.3 Å². The number of fused-ring (bicyclic) bond motifs is 1. The lowest BCUT2D eigenvalue weighted by molar-refractivity contribution is 0.252. The average Bonchev–Trinajstić information content (AvgIpc) is 2.61. The molecule has 6 heteroatoms. The second-order valence-electron chi connectivity index (χ2n) is 6.54. The van der Waals surface area contributed by atoms with Crippen LogP contribution in [-0.2, 0) is 0 Å². The van der Waals surface area contributed by atoms with Crippen molar-refractivity contribution in [1.29, 1.82) is 0 Å². The Balaban J connectivity index is 2.07. The van der Waals surface area contributed by atoms with Gasteiger partial charge in [0.1, 0.15) is 12.1 Å². The van der Waals surface area contributed by atoms with E-state index < -0.39 is 0 Å². The number of carbonyl (C=O) groups is 1. The van der Waals surface area contributed by atoms with Gasteiger partial charge in [-0.15, -0.1) is 0 Å². The van der Waals surface area contributed by atoms with Crippen LogP contribution >= 0.6 is 0 Å². The first-order valence-corrected chi connectivity index (χ1v) is 8.75. The molecule has 0 unspecified atom stereocenters. The summed E-state index contributed by atoms with van der Waals surface area (Å²) in [5, 5.41) is 7.53. The minimum Gasteiger partial charge on any atom is -0.338 e. The number of anilines is 1. The van der Waals surface area contributed by atoms with Gasteiger partial charge in [0.2, 0.25) is 0 Å². The van der Waals surface area contributed by atoms with Gasteiger partial charge in [-0.05, 0) is 48.4 Å². The van der Waals surface area contributed by atoms with E-state index in [1.165, 1.54) is 0 Å². The third-order valence-electron chi connectivity index (χ3n) is 4.22. The van der Waals surface area contributed by atoms with Crippen molar-refractivity contribution in [2.75, 3.05) is 11.9 Å². The van der Waals surface area contributed by atoms with Crippen LogP contribution in [0.1, 0.15) is 37.9 Å². The molecule has 0 aliphatic heterocycles. The molecule has 0 fully saturated rings. The summed E-state index contributed by atoms with van der Waals surface area (Å²) in [6.07, 6.45) is 5.24. The smallest absolute Gasteiger partial charge is 0.320 e. The molecule has 2 amide bonds. The monoisotopic (exact) mass is 349 g/mol. The van der Waals surface area contributed by atoms with E-state index in [2.05, 4.69) is 58.5 Å². The van der Waals surface area contributed by atoms with E-state index in [4.69, 9.17) is 0 Å². The SMILES string of the molecule is CCNC(=O)Nc1cc2cc(-c3cncnc3C(C)C)cc(C)c2cn1. The molecule has 0 bridgehead atoms. The van der Waals surface area contributed by atoms with Crippen LogP contribution in [0.25, 0.3) is 21.9 Å². The van der Waals surface area contributed by atoms with Crippen molar-refractivity contribution < 1.29 is 4.79 Å². The third kappa shape index (κ3) is 3.64. The zero-order valence-corrected chi connectivity index (χ0v) is 15.5. The number of hydrogen-bond acceptors (Lipinski definition) is 4. The Kier molecular flexibility index (Phi) is 5.11. The summed E-state index contributed by atoms with van der Waals surface area (Å²) in [5.74, 6) is 0.824. The maximum atomic E-state index is 11.7. The Labute approximate surface area is 153 Å². The fourth-order valence-corrected chi connectivity index (χ4v) is 3.01. The minimum atomic E-state index is -0.259. The minimum absolute atomic E-state index is 0.259. The highest BCUT2D eigenvalue weighted by molar-refractivity contribution is 5.94. The fourth-order valence-electron chi connectivity index (χ4n) is 3.01. The van der Waals surface area contributed by atoms with Gasteiger partial charge >= 0.3 is 6.03 Å². The van der Waals surface area contributed by atoms with Crippen molar-refractivity contribution in [2.45, 2.75) is 33.6 Å². The highest BCUT2D eigenvalue weighted by Crippen LogP contribution is 2.31. The summed E-state index contributed by atoms with van der Waals surface area (Å²) in [7, 11) is 0. The van der Waals surface area contributed by atoms with Gasteiger partial charge in [0.25, 0.3) is 0 Å². The standard InChI is InChI=1S/C20H23N5O/c1-5-22-20(26)25-18-8-15-7-14(6-13(4)16(15)10-23-18)17-9-21-11-24-19(17)12(2)3/h6-12H,5H2,1-4H3,(H2,22,23,25,26). The van der Waals surface area contributed by atoms with Crippen LogP contribution in [0.5, 0.6) is 0 Å². The normalized spacial score (nSPS) is 11.0. The molecule has 6 nitrogen and oxygen atoms in total. The number of nitrogens with zero attached hydrogens (tertiary/aromatic N) is 3. The molecule has 2 N–H and O–H groups in total. The molecule has 0 saturated heterocycles. The number of amides is 2. The Bertz CT molecular complexity index is 952. The van der Waals surface area contributed by atoms with Crippen LogP contribution < -0.4 is 10.6 Å². The zero-order chi connectivity index (χ0) is 18.7. The largest absolute Gasteiger partial charge is 0.338 e. The molecule has 134 valence electrons. The molecule has 26 heavy (non-hydrogen) atoms. The lowest BCUT2D eigenvalue weighted by atomic mass is 9.95. The van der Waals surface area contributed by atoms with Crippen LogP contribution in [0.4, 0.5) is 10.6 Å². The first-order valence-electron chi connectivity index (χ1n) is 8.75. The van der Waals surface area contributed by atoms with E-state index in [9.17, 15) is 4.79 Å². The van der Waals surface area contributed by atoms with Gasteiger partial charge in [-0.2, -0.15) is 0 Å². The third-order valence-corrected chi connectivity index (χ3v) is 4.22. The molecule has 0 aliphatic carbocycles. The van der Waals surface area contributed by atoms with Gasteiger partial charge in [0.15, 0.2) is 0 Å². The second-order valence-corrected chi connectivity index (χ2v) is 6.54. The maximum absolute atomic E-state index is 11.7. The topological polar surface area (TPSA) is 79.8 Å². The predicted octanol–water partition coefficient (Wildman–Crippen LogP) is 4.27. The molecule has 0 spiro atoms. The van der Waals surface area contributed by atoms with Crippen LogP contribution in [0.3, 0.4) is 0 Å². The van der Waals surface area contributed by atoms with Crippen molar-refractivity contribution in [3.63, 3.8) is 0 Å². The summed E-state index contributed by atoms with van der Waals surface area (Å²) in [6, 6.07) is 5.86. The maximum Gasteiger partial charge on any atom is 0.320 e. The fraction of sp³-hybridized carbons (Fsp3) is 0.300. The molecule has 0 aliphatic rings. The highest BCUT2D eigenvalue weighted by Gasteiger charge is 2.12. The van der Waals surface area contributed by atoms with Crippen molar-refractivity contribution in [2.24, 2.45) is 0 Å². The number of urea groups is 1. The van der Waals surface area contributed by atoms with E-state index in [-0.39, 0.29) is 6.03 Å². The molecule has 2 aromatic heterocycles. The Morgan fingerprint density at radius 1 is 1.15 bits per heavy atom. The molecule has 1 aromatic carbocycles. The summed E-state index contributed by atoms with van der Waals surface area (Å²) in [5.41, 5.74) is 4.23. The number of hydrogen-bond donors (Lipinski definition) is 2. The summed E-state index contributed by atoms with van der Waals surface area (Å²) >= 11 is 0. The Morgan fingerprint density at radius 2 is 1.96 bits per heavy atom. The lowest BCUT2D eigenvalue weighted by Gasteiger charge is -2.13. The number of aromatic nitrogens is 3. The summed E-state index contributed by atoms with van der Waals surface area (Å²) in [6.45, 7) is 8.74. The van der Waals surface area contributed by atoms with E-state index in [1.807, 2.05) is 19.2 Å². The summed E-state index contributed by atoms with van der Waals surface area (Å²) < 4.78 is 0. The summed E-state index contributed by atoms with van der Waals surface area (Å²) in [4.78, 5) is 24.7. The number of aryl methyl sites for hydroxylation is 1. The zero-order valence-electron chi connectivity index (χ0n) is 15.5. The molecule has 0 atom stereocenters. The van der Waals surface area contributed by atoms with Crippen molar-refractivity contribution in [1.82, 2.24) is 20.3 Å². The van der Waals surface area contributed by atoms with Crippen molar-refractivity contribution in [3.8, 4) is 11.1 Å². The number of nitrogens with one attached hydrogen (secondary N) is 2. The van der Waals surface area contributed by atoms with Crippen molar-refractivity contribution >= 4 is 22.6 Å². The highest BCUT2D eigenvalue weighted by atomic mass is 16.2. The quantitative estimate of drug-likeness (QED) is 0.737. The van der Waals surface area contributed by atoms with E-state index >= 15 is 0 Å². The molecule has 0 saturated carbocycles. The Morgan fingerprint density at radius 3 is 2.69 bits per heavy atom. The molecule has 3 aromatic rings. The van der Waals surface area contributed by atoms with Crippen LogP contribution in [0.2, 0.25) is 0 Å². The number of carbonyl (C=O) groups excluding carboxylic acids is 1. The molecule has 3 rings (SSSR count). The molecule has 2 heterocycles. The van der Waals surface area contributed by atoms with Gasteiger partial charge in [0.05, 0.1) is 5.69 Å². The van der Waals surface area contributed by atoms with Crippen LogP contribution in [-0.4, -0.2) is 27.5 Å². The van der Waals surface area contributed by atoms with E-state index in [1.54, 1.807) is 12.5 Å². The van der Waals surface area contributed by atoms with Gasteiger partial charge in [-0.25, -0.2) is 19.7 Å². The van der Waals surface area contributed by atoms with Gasteiger partial charge in [0, 0.05) is 29.9 Å². The van der Waals surface area contributed by atoms with E-state index in [0.717, 1.165) is 33.2 Å². The first kappa shape index (κ1) is 17.8. The van der Waals surface area contributed by atoms with Crippen molar-refractivity contribution in [3.05, 3.63) is 48.2 Å². The van der Waals surface area contributed by atoms with Crippen LogP contribution in [0.15, 0.2) is 36.9 Å².